The van der Waals surface area contributed by atoms with Crippen LogP contribution in [0.1, 0.15) is 19.5 Å². The van der Waals surface area contributed by atoms with Gasteiger partial charge in [-0.1, -0.05) is 15.9 Å². The molecule has 1 aromatic rings. The number of hydrogen-bond donors (Lipinski definition) is 0. The van der Waals surface area contributed by atoms with E-state index in [0.29, 0.717) is 6.04 Å². The van der Waals surface area contributed by atoms with E-state index in [1.54, 1.807) is 12.4 Å². The molecule has 0 bridgehead atoms. The highest BCUT2D eigenvalue weighted by atomic mass is 79.9. The standard InChI is InChI=1S/C10H16BrN3/c1-8(2)14(7-4-11)10-9(3)12-5-6-13-10/h5-6,8H,4,7H2,1-3H3. The molecule has 0 aliphatic rings. The summed E-state index contributed by atoms with van der Waals surface area (Å²) >= 11 is 3.45. The van der Waals surface area contributed by atoms with Gasteiger partial charge < -0.3 is 4.90 Å². The van der Waals surface area contributed by atoms with E-state index in [0.717, 1.165) is 23.4 Å². The van der Waals surface area contributed by atoms with Crippen LogP contribution in [0, 0.1) is 6.92 Å². The number of halogens is 1. The fourth-order valence-electron chi connectivity index (χ4n) is 1.38. The SMILES string of the molecule is Cc1nccnc1N(CCBr)C(C)C. The molecule has 1 heterocycles. The van der Waals surface area contributed by atoms with E-state index < -0.39 is 0 Å². The molecule has 0 aliphatic carbocycles. The van der Waals surface area contributed by atoms with Crippen LogP contribution in [0.3, 0.4) is 0 Å². The Morgan fingerprint density at radius 1 is 1.36 bits per heavy atom. The van der Waals surface area contributed by atoms with E-state index in [-0.39, 0.29) is 0 Å². The molecule has 1 rings (SSSR count). The Bertz CT molecular complexity index is 288. The third kappa shape index (κ3) is 2.67. The van der Waals surface area contributed by atoms with Gasteiger partial charge in [-0.3, -0.25) is 4.98 Å². The second-order valence-corrected chi connectivity index (χ2v) is 4.23. The van der Waals surface area contributed by atoms with Gasteiger partial charge in [0.05, 0.1) is 5.69 Å². The molecule has 1 aromatic heterocycles. The van der Waals surface area contributed by atoms with Crippen LogP contribution in [-0.2, 0) is 0 Å². The zero-order chi connectivity index (χ0) is 10.6. The first-order valence-corrected chi connectivity index (χ1v) is 5.89. The average Bonchev–Trinajstić information content (AvgIpc) is 2.15. The molecule has 0 fully saturated rings. The van der Waals surface area contributed by atoms with E-state index in [1.165, 1.54) is 0 Å². The van der Waals surface area contributed by atoms with Gasteiger partial charge >= 0.3 is 0 Å². The van der Waals surface area contributed by atoms with E-state index in [1.807, 2.05) is 6.92 Å². The molecule has 78 valence electrons. The van der Waals surface area contributed by atoms with Gasteiger partial charge in [0.1, 0.15) is 5.82 Å². The topological polar surface area (TPSA) is 29.0 Å². The predicted octanol–water partition coefficient (Wildman–Crippen LogP) is 2.39. The van der Waals surface area contributed by atoms with Crippen LogP contribution in [0.5, 0.6) is 0 Å². The van der Waals surface area contributed by atoms with Crippen LogP contribution in [-0.4, -0.2) is 27.9 Å². The summed E-state index contributed by atoms with van der Waals surface area (Å²) in [5, 5.41) is 0.946. The predicted molar refractivity (Wildman–Crippen MR) is 63.0 cm³/mol. The van der Waals surface area contributed by atoms with Gasteiger partial charge in [-0.05, 0) is 20.8 Å². The van der Waals surface area contributed by atoms with E-state index in [2.05, 4.69) is 44.6 Å². The first-order chi connectivity index (χ1) is 6.66. The minimum atomic E-state index is 0.447. The smallest absolute Gasteiger partial charge is 0.150 e. The number of rotatable bonds is 4. The van der Waals surface area contributed by atoms with E-state index >= 15 is 0 Å². The first kappa shape index (κ1) is 11.4. The van der Waals surface area contributed by atoms with Crippen LogP contribution < -0.4 is 4.90 Å². The first-order valence-electron chi connectivity index (χ1n) is 4.77. The second-order valence-electron chi connectivity index (χ2n) is 3.44. The Kier molecular flexibility index (Phi) is 4.32. The molecule has 0 radical (unpaired) electrons. The van der Waals surface area contributed by atoms with Gasteiger partial charge in [0.15, 0.2) is 0 Å². The normalized spacial score (nSPS) is 10.6. The third-order valence-corrected chi connectivity index (χ3v) is 2.43. The number of anilines is 1. The van der Waals surface area contributed by atoms with Crippen molar-refractivity contribution in [2.45, 2.75) is 26.8 Å². The summed E-state index contributed by atoms with van der Waals surface area (Å²) in [7, 11) is 0. The lowest BCUT2D eigenvalue weighted by atomic mass is 10.3. The quantitative estimate of drug-likeness (QED) is 0.776. The zero-order valence-corrected chi connectivity index (χ0v) is 10.5. The van der Waals surface area contributed by atoms with E-state index in [9.17, 15) is 0 Å². The van der Waals surface area contributed by atoms with Gasteiger partial charge in [-0.25, -0.2) is 4.98 Å². The lowest BCUT2D eigenvalue weighted by Crippen LogP contribution is -2.33. The summed E-state index contributed by atoms with van der Waals surface area (Å²) in [6.45, 7) is 7.27. The van der Waals surface area contributed by atoms with Crippen molar-refractivity contribution in [1.82, 2.24) is 9.97 Å². The second kappa shape index (κ2) is 5.29. The molecule has 0 atom stereocenters. The van der Waals surface area contributed by atoms with Crippen molar-refractivity contribution in [3.05, 3.63) is 18.1 Å². The van der Waals surface area contributed by atoms with Crippen molar-refractivity contribution in [2.24, 2.45) is 0 Å². The van der Waals surface area contributed by atoms with Crippen molar-refractivity contribution >= 4 is 21.7 Å². The maximum absolute atomic E-state index is 4.36. The summed E-state index contributed by atoms with van der Waals surface area (Å²) < 4.78 is 0. The van der Waals surface area contributed by atoms with Crippen LogP contribution in [0.2, 0.25) is 0 Å². The molecular weight excluding hydrogens is 242 g/mol. The Labute approximate surface area is 93.7 Å². The minimum absolute atomic E-state index is 0.447. The van der Waals surface area contributed by atoms with Gasteiger partial charge in [-0.2, -0.15) is 0 Å². The highest BCUT2D eigenvalue weighted by Gasteiger charge is 2.13. The van der Waals surface area contributed by atoms with Crippen molar-refractivity contribution in [3.63, 3.8) is 0 Å². The van der Waals surface area contributed by atoms with E-state index in [4.69, 9.17) is 0 Å². The lowest BCUT2D eigenvalue weighted by Gasteiger charge is -2.27. The molecule has 0 amide bonds. The maximum Gasteiger partial charge on any atom is 0.150 e. The number of aryl methyl sites for hydroxylation is 1. The Balaban J connectivity index is 2.93. The fraction of sp³-hybridized carbons (Fsp3) is 0.600. The molecule has 0 saturated carbocycles. The van der Waals surface area contributed by atoms with Gasteiger partial charge in [0, 0.05) is 30.3 Å². The van der Waals surface area contributed by atoms with Gasteiger partial charge in [-0.15, -0.1) is 0 Å². The monoisotopic (exact) mass is 257 g/mol. The molecule has 0 unspecified atom stereocenters. The van der Waals surface area contributed by atoms with Gasteiger partial charge in [0.25, 0.3) is 0 Å². The number of aromatic nitrogens is 2. The maximum atomic E-state index is 4.36. The molecule has 14 heavy (non-hydrogen) atoms. The van der Waals surface area contributed by atoms with Crippen LogP contribution >= 0.6 is 15.9 Å². The van der Waals surface area contributed by atoms with Crippen molar-refractivity contribution in [3.8, 4) is 0 Å². The molecular formula is C10H16BrN3. The average molecular weight is 258 g/mol. The number of alkyl halides is 1. The minimum Gasteiger partial charge on any atom is -0.352 e. The third-order valence-electron chi connectivity index (χ3n) is 2.08. The van der Waals surface area contributed by atoms with Crippen molar-refractivity contribution < 1.29 is 0 Å². The lowest BCUT2D eigenvalue weighted by molar-refractivity contribution is 0.692. The van der Waals surface area contributed by atoms with Crippen molar-refractivity contribution in [2.75, 3.05) is 16.8 Å². The summed E-state index contributed by atoms with van der Waals surface area (Å²) in [6.07, 6.45) is 3.47. The zero-order valence-electron chi connectivity index (χ0n) is 8.87. The molecule has 4 heteroatoms. The summed E-state index contributed by atoms with van der Waals surface area (Å²) in [4.78, 5) is 10.9. The summed E-state index contributed by atoms with van der Waals surface area (Å²) in [5.74, 6) is 0.988. The Morgan fingerprint density at radius 2 is 2.00 bits per heavy atom. The molecule has 3 nitrogen and oxygen atoms in total. The fourth-order valence-corrected chi connectivity index (χ4v) is 1.76. The highest BCUT2D eigenvalue weighted by Crippen LogP contribution is 2.16. The molecule has 0 aliphatic heterocycles. The Morgan fingerprint density at radius 3 is 2.50 bits per heavy atom. The molecule has 0 aromatic carbocycles. The van der Waals surface area contributed by atoms with Crippen molar-refractivity contribution in [1.29, 1.82) is 0 Å². The molecule has 0 spiro atoms. The summed E-state index contributed by atoms with van der Waals surface area (Å²) in [6, 6.07) is 0.447. The molecule has 0 N–H and O–H groups in total. The van der Waals surface area contributed by atoms with Crippen LogP contribution in [0.4, 0.5) is 5.82 Å². The largest absolute Gasteiger partial charge is 0.352 e. The number of nitrogens with zero attached hydrogens (tertiary/aromatic N) is 3. The van der Waals surface area contributed by atoms with Crippen LogP contribution in [0.25, 0.3) is 0 Å². The van der Waals surface area contributed by atoms with Gasteiger partial charge in [0.2, 0.25) is 0 Å². The highest BCUT2D eigenvalue weighted by molar-refractivity contribution is 9.09. The number of hydrogen-bond acceptors (Lipinski definition) is 3. The Hall–Kier alpha value is -0.640. The summed E-state index contributed by atoms with van der Waals surface area (Å²) in [5.41, 5.74) is 0.988. The van der Waals surface area contributed by atoms with Crippen LogP contribution in [0.15, 0.2) is 12.4 Å². The molecule has 0 saturated heterocycles.